The number of benzene rings is 1. The molecule has 0 aliphatic carbocycles. The number of thioether (sulfide) groups is 1. The van der Waals surface area contributed by atoms with Crippen LogP contribution in [-0.4, -0.2) is 91.7 Å². The van der Waals surface area contributed by atoms with Crippen molar-refractivity contribution in [1.29, 1.82) is 0 Å². The Hall–Kier alpha value is -2.07. The molecule has 1 aromatic rings. The summed E-state index contributed by atoms with van der Waals surface area (Å²) in [6, 6.07) is 8.17. The summed E-state index contributed by atoms with van der Waals surface area (Å²) < 4.78 is 23.3. The summed E-state index contributed by atoms with van der Waals surface area (Å²) in [6.07, 6.45) is 2.86. The second kappa shape index (κ2) is 10.5. The average molecular weight is 468 g/mol. The van der Waals surface area contributed by atoms with Gasteiger partial charge in [-0.3, -0.25) is 14.4 Å². The fraction of sp³-hybridized carbons (Fsp3) is 0.571. The summed E-state index contributed by atoms with van der Waals surface area (Å²) in [4.78, 5) is 41.7. The Bertz CT molecular complexity index is 899. The number of nitrogens with zero attached hydrogens (tertiary/aromatic N) is 2. The van der Waals surface area contributed by atoms with Crippen molar-refractivity contribution in [2.45, 2.75) is 18.9 Å². The Balaban J connectivity index is 1.57. The molecule has 170 valence electrons. The van der Waals surface area contributed by atoms with Crippen LogP contribution in [0, 0.1) is 5.92 Å². The molecule has 1 aromatic carbocycles. The highest BCUT2D eigenvalue weighted by atomic mass is 32.2. The van der Waals surface area contributed by atoms with Gasteiger partial charge in [0.15, 0.2) is 9.84 Å². The van der Waals surface area contributed by atoms with Crippen molar-refractivity contribution in [3.63, 3.8) is 0 Å². The van der Waals surface area contributed by atoms with E-state index in [9.17, 15) is 22.8 Å². The summed E-state index contributed by atoms with van der Waals surface area (Å²) in [5.41, 5.74) is 0.506. The molecule has 2 aliphatic rings. The topological polar surface area (TPSA) is 104 Å². The maximum atomic E-state index is 13.1. The smallest absolute Gasteiger partial charge is 0.251 e. The SMILES string of the molecule is CSCC[C@H](NC(=O)c1ccccc1)C(=O)N1CCN(C(=O)[C@@H]2CCS(=O)(=O)C2)CC1. The van der Waals surface area contributed by atoms with Gasteiger partial charge in [0, 0.05) is 31.7 Å². The Kier molecular flexibility index (Phi) is 7.99. The van der Waals surface area contributed by atoms with Crippen molar-refractivity contribution in [3.8, 4) is 0 Å². The van der Waals surface area contributed by atoms with E-state index in [0.29, 0.717) is 44.6 Å². The molecule has 0 bridgehead atoms. The van der Waals surface area contributed by atoms with E-state index in [1.165, 1.54) is 0 Å². The van der Waals surface area contributed by atoms with Crippen LogP contribution in [0.1, 0.15) is 23.2 Å². The summed E-state index contributed by atoms with van der Waals surface area (Å²) >= 11 is 1.61. The Morgan fingerprint density at radius 3 is 2.32 bits per heavy atom. The first-order chi connectivity index (χ1) is 14.8. The lowest BCUT2D eigenvalue weighted by Gasteiger charge is -2.37. The molecule has 1 N–H and O–H groups in total. The molecular weight excluding hydrogens is 438 g/mol. The second-order valence-corrected chi connectivity index (χ2v) is 11.1. The van der Waals surface area contributed by atoms with Crippen molar-refractivity contribution >= 4 is 39.3 Å². The van der Waals surface area contributed by atoms with Gasteiger partial charge >= 0.3 is 0 Å². The average Bonchev–Trinajstić information content (AvgIpc) is 3.15. The van der Waals surface area contributed by atoms with Crippen LogP contribution in [0.4, 0.5) is 0 Å². The molecule has 0 spiro atoms. The van der Waals surface area contributed by atoms with Gasteiger partial charge in [0.1, 0.15) is 6.04 Å². The Morgan fingerprint density at radius 2 is 1.74 bits per heavy atom. The lowest BCUT2D eigenvalue weighted by molar-refractivity contribution is -0.142. The number of carbonyl (C=O) groups is 3. The Labute approximate surface area is 187 Å². The van der Waals surface area contributed by atoms with Gasteiger partial charge < -0.3 is 15.1 Å². The number of sulfone groups is 1. The van der Waals surface area contributed by atoms with Crippen molar-refractivity contribution in [2.24, 2.45) is 5.92 Å². The lowest BCUT2D eigenvalue weighted by Crippen LogP contribution is -2.56. The molecule has 2 atom stereocenters. The highest BCUT2D eigenvalue weighted by Crippen LogP contribution is 2.21. The molecule has 10 heteroatoms. The molecule has 3 amide bonds. The predicted octanol–water partition coefficient (Wildman–Crippen LogP) is 0.644. The van der Waals surface area contributed by atoms with Crippen LogP contribution < -0.4 is 5.32 Å². The summed E-state index contributed by atoms with van der Waals surface area (Å²) in [5, 5.41) is 2.86. The molecule has 0 radical (unpaired) electrons. The minimum Gasteiger partial charge on any atom is -0.340 e. The minimum atomic E-state index is -3.11. The highest BCUT2D eigenvalue weighted by Gasteiger charge is 2.37. The minimum absolute atomic E-state index is 0.0695. The van der Waals surface area contributed by atoms with Gasteiger partial charge in [-0.05, 0) is 37.0 Å². The quantitative estimate of drug-likeness (QED) is 0.631. The highest BCUT2D eigenvalue weighted by molar-refractivity contribution is 7.98. The molecule has 2 saturated heterocycles. The van der Waals surface area contributed by atoms with E-state index >= 15 is 0 Å². The summed E-state index contributed by atoms with van der Waals surface area (Å²) in [7, 11) is -3.11. The monoisotopic (exact) mass is 467 g/mol. The standard InChI is InChI=1S/C21H29N3O5S2/c1-30-13-7-18(22-19(25)16-5-3-2-4-6-16)21(27)24-11-9-23(10-12-24)20(26)17-8-14-31(28,29)15-17/h2-6,17-18H,7-15H2,1H3,(H,22,25)/t17-,18+/m1/s1. The first kappa shape index (κ1) is 23.6. The molecular formula is C21H29N3O5S2. The van der Waals surface area contributed by atoms with Gasteiger partial charge in [-0.15, -0.1) is 0 Å². The van der Waals surface area contributed by atoms with Crippen LogP contribution in [0.25, 0.3) is 0 Å². The van der Waals surface area contributed by atoms with Crippen LogP contribution in [-0.2, 0) is 19.4 Å². The van der Waals surface area contributed by atoms with E-state index in [4.69, 9.17) is 0 Å². The third-order valence-electron chi connectivity index (χ3n) is 5.73. The van der Waals surface area contributed by atoms with Crippen LogP contribution in [0.2, 0.25) is 0 Å². The van der Waals surface area contributed by atoms with E-state index in [0.717, 1.165) is 5.75 Å². The van der Waals surface area contributed by atoms with Crippen molar-refractivity contribution < 1.29 is 22.8 Å². The van der Waals surface area contributed by atoms with Crippen molar-refractivity contribution in [2.75, 3.05) is 49.7 Å². The Morgan fingerprint density at radius 1 is 1.10 bits per heavy atom. The molecule has 0 unspecified atom stereocenters. The normalized spacial score (nSPS) is 21.5. The van der Waals surface area contributed by atoms with Crippen LogP contribution in [0.3, 0.4) is 0 Å². The third-order valence-corrected chi connectivity index (χ3v) is 8.15. The zero-order chi connectivity index (χ0) is 22.4. The number of amides is 3. The van der Waals surface area contributed by atoms with Gasteiger partial charge in [-0.25, -0.2) is 8.42 Å². The zero-order valence-electron chi connectivity index (χ0n) is 17.7. The number of piperazine rings is 1. The third kappa shape index (κ3) is 6.22. The van der Waals surface area contributed by atoms with E-state index in [-0.39, 0.29) is 29.2 Å². The number of nitrogens with one attached hydrogen (secondary N) is 1. The lowest BCUT2D eigenvalue weighted by atomic mass is 10.1. The van der Waals surface area contributed by atoms with Gasteiger partial charge in [-0.1, -0.05) is 18.2 Å². The molecule has 0 aromatic heterocycles. The van der Waals surface area contributed by atoms with E-state index in [1.54, 1.807) is 45.8 Å². The van der Waals surface area contributed by atoms with Gasteiger partial charge in [0.2, 0.25) is 11.8 Å². The molecule has 2 fully saturated rings. The fourth-order valence-electron chi connectivity index (χ4n) is 3.94. The molecule has 31 heavy (non-hydrogen) atoms. The van der Waals surface area contributed by atoms with E-state index in [2.05, 4.69) is 5.32 Å². The van der Waals surface area contributed by atoms with Gasteiger partial charge in [0.05, 0.1) is 17.4 Å². The fourth-order valence-corrected chi connectivity index (χ4v) is 6.14. The number of hydrogen-bond donors (Lipinski definition) is 1. The summed E-state index contributed by atoms with van der Waals surface area (Å²) in [6.45, 7) is 1.51. The van der Waals surface area contributed by atoms with Gasteiger partial charge in [0.25, 0.3) is 5.91 Å². The van der Waals surface area contributed by atoms with Crippen LogP contribution in [0.15, 0.2) is 30.3 Å². The largest absolute Gasteiger partial charge is 0.340 e. The predicted molar refractivity (Wildman–Crippen MR) is 121 cm³/mol. The molecule has 3 rings (SSSR count). The van der Waals surface area contributed by atoms with Crippen molar-refractivity contribution in [1.82, 2.24) is 15.1 Å². The number of hydrogen-bond acceptors (Lipinski definition) is 6. The molecule has 2 aliphatic heterocycles. The van der Waals surface area contributed by atoms with Crippen molar-refractivity contribution in [3.05, 3.63) is 35.9 Å². The first-order valence-electron chi connectivity index (χ1n) is 10.4. The van der Waals surface area contributed by atoms with Crippen LogP contribution >= 0.6 is 11.8 Å². The maximum Gasteiger partial charge on any atom is 0.251 e. The zero-order valence-corrected chi connectivity index (χ0v) is 19.3. The molecule has 0 saturated carbocycles. The second-order valence-electron chi connectivity index (χ2n) is 7.92. The van der Waals surface area contributed by atoms with E-state index < -0.39 is 21.8 Å². The maximum absolute atomic E-state index is 13.1. The summed E-state index contributed by atoms with van der Waals surface area (Å²) in [5.74, 6) is -0.297. The number of rotatable bonds is 7. The van der Waals surface area contributed by atoms with E-state index in [1.807, 2.05) is 12.3 Å². The molecule has 2 heterocycles. The number of carbonyl (C=O) groups excluding carboxylic acids is 3. The van der Waals surface area contributed by atoms with Gasteiger partial charge in [-0.2, -0.15) is 11.8 Å². The van der Waals surface area contributed by atoms with Crippen LogP contribution in [0.5, 0.6) is 0 Å². The molecule has 8 nitrogen and oxygen atoms in total. The first-order valence-corrected chi connectivity index (χ1v) is 13.6.